The lowest BCUT2D eigenvalue weighted by Gasteiger charge is -2.43. The highest BCUT2D eigenvalue weighted by molar-refractivity contribution is 6.33. The average molecular weight is 427 g/mol. The lowest BCUT2D eigenvalue weighted by atomic mass is 9.73. The van der Waals surface area contributed by atoms with Crippen LogP contribution in [0.15, 0.2) is 30.4 Å². The summed E-state index contributed by atoms with van der Waals surface area (Å²) in [6, 6.07) is 4.75. The topological polar surface area (TPSA) is 91.3 Å². The van der Waals surface area contributed by atoms with Gasteiger partial charge in [-0.15, -0.1) is 0 Å². The second-order valence-corrected chi connectivity index (χ2v) is 8.10. The third kappa shape index (κ3) is 1.93. The lowest BCUT2D eigenvalue weighted by molar-refractivity contribution is -0.220. The van der Waals surface area contributed by atoms with Crippen molar-refractivity contribution in [1.29, 1.82) is 0 Å². The van der Waals surface area contributed by atoms with Crippen molar-refractivity contribution in [1.82, 2.24) is 0 Å². The molecule has 0 saturated carbocycles. The Hall–Kier alpha value is -2.87. The van der Waals surface area contributed by atoms with Crippen molar-refractivity contribution >= 4 is 23.2 Å². The van der Waals surface area contributed by atoms with Crippen molar-refractivity contribution in [2.24, 2.45) is 0 Å². The third-order valence-corrected chi connectivity index (χ3v) is 6.44. The van der Waals surface area contributed by atoms with Crippen molar-refractivity contribution in [2.45, 2.75) is 24.2 Å². The van der Waals surface area contributed by atoms with E-state index < -0.39 is 11.4 Å². The first-order valence-corrected chi connectivity index (χ1v) is 9.81. The number of ketones is 2. The molecule has 0 fully saturated rings. The molecule has 0 aromatic heterocycles. The van der Waals surface area contributed by atoms with E-state index in [0.29, 0.717) is 28.9 Å². The highest BCUT2D eigenvalue weighted by Gasteiger charge is 2.64. The molecule has 152 valence electrons. The molecule has 1 N–H and O–H groups in total. The molecule has 2 bridgehead atoms. The Kier molecular flexibility index (Phi) is 3.37. The fourth-order valence-corrected chi connectivity index (χ4v) is 5.34. The number of hydrogen-bond acceptors (Lipinski definition) is 7. The zero-order chi connectivity index (χ0) is 20.8. The van der Waals surface area contributed by atoms with Crippen LogP contribution in [0.1, 0.15) is 50.2 Å². The van der Waals surface area contributed by atoms with Crippen LogP contribution < -0.4 is 9.47 Å². The Morgan fingerprint density at radius 2 is 2.07 bits per heavy atom. The minimum Gasteiger partial charge on any atom is -0.507 e. The summed E-state index contributed by atoms with van der Waals surface area (Å²) < 4.78 is 23.4. The highest BCUT2D eigenvalue weighted by Crippen LogP contribution is 2.65. The van der Waals surface area contributed by atoms with Crippen LogP contribution in [0, 0.1) is 0 Å². The Bertz CT molecular complexity index is 1220. The minimum atomic E-state index is -1.35. The van der Waals surface area contributed by atoms with E-state index in [-0.39, 0.29) is 52.4 Å². The molecule has 0 saturated heterocycles. The number of phenolic OH excluding ortho intramolecular Hbond substituents is 1. The van der Waals surface area contributed by atoms with Gasteiger partial charge in [0.25, 0.3) is 5.79 Å². The van der Waals surface area contributed by atoms with Gasteiger partial charge in [-0.2, -0.15) is 0 Å². The summed E-state index contributed by atoms with van der Waals surface area (Å²) in [4.78, 5) is 25.6. The molecule has 30 heavy (non-hydrogen) atoms. The van der Waals surface area contributed by atoms with Gasteiger partial charge < -0.3 is 24.1 Å². The maximum atomic E-state index is 12.9. The zero-order valence-corrected chi connectivity index (χ0v) is 16.5. The number of hydrogen-bond donors (Lipinski definition) is 1. The van der Waals surface area contributed by atoms with Crippen LogP contribution in [0.25, 0.3) is 0 Å². The quantitative estimate of drug-likeness (QED) is 0.750. The molecule has 0 radical (unpaired) electrons. The van der Waals surface area contributed by atoms with Crippen LogP contribution in [-0.4, -0.2) is 30.6 Å². The fraction of sp³-hybridized carbons (Fsp3) is 0.273. The molecule has 2 heterocycles. The van der Waals surface area contributed by atoms with Crippen LogP contribution in [0.3, 0.4) is 0 Å². The number of methoxy groups -OCH3 is 1. The van der Waals surface area contributed by atoms with E-state index in [1.54, 1.807) is 18.2 Å². The van der Waals surface area contributed by atoms with Gasteiger partial charge in [-0.05, 0) is 36.8 Å². The number of aromatic hydroxyl groups is 1. The number of phenols is 1. The monoisotopic (exact) mass is 426 g/mol. The van der Waals surface area contributed by atoms with Crippen LogP contribution in [0.4, 0.5) is 0 Å². The molecule has 2 aliphatic heterocycles. The van der Waals surface area contributed by atoms with Gasteiger partial charge in [-0.3, -0.25) is 9.59 Å². The molecule has 2 spiro atoms. The van der Waals surface area contributed by atoms with Gasteiger partial charge in [0.15, 0.2) is 24.1 Å². The van der Waals surface area contributed by atoms with E-state index in [0.717, 1.165) is 0 Å². The maximum absolute atomic E-state index is 12.9. The van der Waals surface area contributed by atoms with E-state index in [1.807, 2.05) is 0 Å². The first-order valence-electron chi connectivity index (χ1n) is 9.43. The van der Waals surface area contributed by atoms with E-state index >= 15 is 0 Å². The van der Waals surface area contributed by atoms with Crippen molar-refractivity contribution in [3.63, 3.8) is 0 Å². The first kappa shape index (κ1) is 17.9. The highest BCUT2D eigenvalue weighted by atomic mass is 35.5. The van der Waals surface area contributed by atoms with Gasteiger partial charge in [0, 0.05) is 30.2 Å². The van der Waals surface area contributed by atoms with Gasteiger partial charge in [-0.1, -0.05) is 11.6 Å². The van der Waals surface area contributed by atoms with E-state index in [2.05, 4.69) is 0 Å². The van der Waals surface area contributed by atoms with E-state index in [1.165, 1.54) is 19.3 Å². The number of halogens is 1. The molecule has 8 heteroatoms. The summed E-state index contributed by atoms with van der Waals surface area (Å²) in [6.45, 7) is -0.0882. The summed E-state index contributed by atoms with van der Waals surface area (Å²) in [5.41, 5.74) is 1.00. The summed E-state index contributed by atoms with van der Waals surface area (Å²) in [6.07, 6.45) is 3.47. The standard InChI is InChI=1S/C22H15ClO7/c1-27-9-28-20-11(23)8-10-18-17(20)14(26)5-7-22(18)29-15-3-2-12(24)16-13(25)4-6-21(10,30-22)19(15)16/h2-3,5,7-8,24H,4,6,9H2,1H3/t21?,22-/m0/s1. The average Bonchev–Trinajstić information content (AvgIpc) is 2.94. The maximum Gasteiger partial charge on any atom is 0.260 e. The van der Waals surface area contributed by atoms with E-state index in [4.69, 9.17) is 30.5 Å². The summed E-state index contributed by atoms with van der Waals surface area (Å²) in [7, 11) is 1.47. The Balaban J connectivity index is 1.73. The van der Waals surface area contributed by atoms with Gasteiger partial charge in [0.1, 0.15) is 17.1 Å². The van der Waals surface area contributed by atoms with Crippen molar-refractivity contribution in [3.05, 3.63) is 63.2 Å². The number of allylic oxidation sites excluding steroid dienone is 1. The smallest absolute Gasteiger partial charge is 0.260 e. The molecule has 1 unspecified atom stereocenters. The molecule has 2 aliphatic carbocycles. The van der Waals surface area contributed by atoms with Gasteiger partial charge in [0.05, 0.1) is 16.1 Å². The van der Waals surface area contributed by atoms with Gasteiger partial charge >= 0.3 is 0 Å². The first-order chi connectivity index (χ1) is 14.4. The van der Waals surface area contributed by atoms with Crippen molar-refractivity contribution < 1.29 is 33.6 Å². The molecule has 4 aliphatic rings. The zero-order valence-electron chi connectivity index (χ0n) is 15.8. The van der Waals surface area contributed by atoms with Crippen LogP contribution in [0.5, 0.6) is 17.2 Å². The fourth-order valence-electron chi connectivity index (χ4n) is 5.08. The molecule has 2 aromatic carbocycles. The summed E-state index contributed by atoms with van der Waals surface area (Å²) in [5, 5.41) is 10.7. The van der Waals surface area contributed by atoms with Gasteiger partial charge in [0.2, 0.25) is 0 Å². The molecule has 7 nitrogen and oxygen atoms in total. The Labute approximate surface area is 175 Å². The number of rotatable bonds is 3. The largest absolute Gasteiger partial charge is 0.507 e. The van der Waals surface area contributed by atoms with Crippen LogP contribution in [-0.2, 0) is 20.9 Å². The second-order valence-electron chi connectivity index (χ2n) is 7.69. The molecular formula is C22H15ClO7. The van der Waals surface area contributed by atoms with Crippen molar-refractivity contribution in [2.75, 3.05) is 13.9 Å². The molecule has 0 amide bonds. The molecule has 6 rings (SSSR count). The number of Topliss-reactive ketones (excluding diaryl/α,β-unsaturated/α-hetero) is 1. The van der Waals surface area contributed by atoms with Crippen LogP contribution >= 0.6 is 11.6 Å². The van der Waals surface area contributed by atoms with Crippen molar-refractivity contribution in [3.8, 4) is 17.2 Å². The van der Waals surface area contributed by atoms with Crippen LogP contribution in [0.2, 0.25) is 5.02 Å². The normalized spacial score (nSPS) is 26.9. The SMILES string of the molecule is COCOc1c(Cl)cc2c3c1C(=O)C=C[C@@]31Oc3ccc(O)c4c3C2(CCC4=O)O1. The minimum absolute atomic E-state index is 0.0882. The molecule has 2 atom stereocenters. The summed E-state index contributed by atoms with van der Waals surface area (Å²) in [5.74, 6) is -1.33. The second kappa shape index (κ2) is 5.63. The summed E-state index contributed by atoms with van der Waals surface area (Å²) >= 11 is 6.55. The van der Waals surface area contributed by atoms with Gasteiger partial charge in [-0.25, -0.2) is 0 Å². The number of carbonyl (C=O) groups excluding carboxylic acids is 2. The van der Waals surface area contributed by atoms with E-state index in [9.17, 15) is 14.7 Å². The molecule has 2 aromatic rings. The lowest BCUT2D eigenvalue weighted by Crippen LogP contribution is -2.45. The number of carbonyl (C=O) groups is 2. The predicted octanol–water partition coefficient (Wildman–Crippen LogP) is 3.58. The number of ether oxygens (including phenoxy) is 4. The Morgan fingerprint density at radius 3 is 2.87 bits per heavy atom. The number of benzene rings is 2. The Morgan fingerprint density at radius 1 is 1.23 bits per heavy atom. The predicted molar refractivity (Wildman–Crippen MR) is 103 cm³/mol. The third-order valence-electron chi connectivity index (χ3n) is 6.16. The molecular weight excluding hydrogens is 412 g/mol.